The summed E-state index contributed by atoms with van der Waals surface area (Å²) in [5.74, 6) is 1.20. The lowest BCUT2D eigenvalue weighted by Gasteiger charge is -2.10. The zero-order valence-corrected chi connectivity index (χ0v) is 10.9. The average Bonchev–Trinajstić information content (AvgIpc) is 2.97. The fourth-order valence-electron chi connectivity index (χ4n) is 2.13. The minimum absolute atomic E-state index is 0.161. The lowest BCUT2D eigenvalue weighted by molar-refractivity contribution is -0.122. The molecule has 1 aromatic heterocycles. The molecule has 0 radical (unpaired) electrons. The van der Waals surface area contributed by atoms with Crippen molar-refractivity contribution in [3.63, 3.8) is 0 Å². The molecule has 98 valence electrons. The summed E-state index contributed by atoms with van der Waals surface area (Å²) in [6.45, 7) is 3.83. The first-order chi connectivity index (χ1) is 9.15. The second-order valence-electron chi connectivity index (χ2n) is 4.73. The van der Waals surface area contributed by atoms with E-state index in [1.54, 1.807) is 0 Å². The molecule has 0 aliphatic carbocycles. The molecule has 0 fully saturated rings. The number of ether oxygens (including phenoxy) is 1. The van der Waals surface area contributed by atoms with Crippen molar-refractivity contribution >= 4 is 11.7 Å². The number of aryl methyl sites for hydroxylation is 1. The summed E-state index contributed by atoms with van der Waals surface area (Å²) in [6.07, 6.45) is 0.124. The molecule has 1 atom stereocenters. The molecule has 0 saturated heterocycles. The summed E-state index contributed by atoms with van der Waals surface area (Å²) >= 11 is 0. The zero-order valence-electron chi connectivity index (χ0n) is 10.9. The van der Waals surface area contributed by atoms with Crippen molar-refractivity contribution in [1.82, 2.24) is 10.2 Å². The highest BCUT2D eigenvalue weighted by atomic mass is 16.5. The Morgan fingerprint density at radius 3 is 2.89 bits per heavy atom. The summed E-state index contributed by atoms with van der Waals surface area (Å²) in [6, 6.07) is 7.71. The smallest absolute Gasteiger partial charge is 0.267 e. The predicted molar refractivity (Wildman–Crippen MR) is 71.3 cm³/mol. The number of aromatic nitrogens is 2. The Balaban J connectivity index is 1.72. The van der Waals surface area contributed by atoms with Crippen LogP contribution in [0.25, 0.3) is 0 Å². The van der Waals surface area contributed by atoms with Crippen LogP contribution >= 0.6 is 0 Å². The van der Waals surface area contributed by atoms with E-state index in [1.165, 1.54) is 0 Å². The molecule has 5 nitrogen and oxygen atoms in total. The molecule has 1 unspecified atom stereocenters. The maximum Gasteiger partial charge on any atom is 0.267 e. The number of para-hydroxylation sites is 1. The van der Waals surface area contributed by atoms with Crippen LogP contribution in [-0.2, 0) is 11.2 Å². The number of carbonyl (C=O) groups excluding carboxylic acids is 1. The van der Waals surface area contributed by atoms with Crippen LogP contribution < -0.4 is 10.1 Å². The molecule has 3 rings (SSSR count). The van der Waals surface area contributed by atoms with Gasteiger partial charge in [-0.1, -0.05) is 18.2 Å². The van der Waals surface area contributed by atoms with Crippen molar-refractivity contribution in [3.8, 4) is 5.75 Å². The first kappa shape index (κ1) is 11.8. The Morgan fingerprint density at radius 2 is 2.21 bits per heavy atom. The van der Waals surface area contributed by atoms with Crippen molar-refractivity contribution in [2.45, 2.75) is 26.4 Å². The fraction of sp³-hybridized carbons (Fsp3) is 0.286. The third kappa shape index (κ3) is 2.07. The van der Waals surface area contributed by atoms with Gasteiger partial charge in [0.1, 0.15) is 5.75 Å². The lowest BCUT2D eigenvalue weighted by Crippen LogP contribution is -2.31. The highest BCUT2D eigenvalue weighted by Gasteiger charge is 2.29. The molecule has 2 aromatic rings. The predicted octanol–water partition coefficient (Wildman–Crippen LogP) is 1.97. The number of fused-ring (bicyclic) bond motifs is 1. The molecule has 1 aromatic carbocycles. The van der Waals surface area contributed by atoms with Gasteiger partial charge in [0.05, 0.1) is 0 Å². The van der Waals surface area contributed by atoms with Crippen LogP contribution in [0.5, 0.6) is 5.75 Å². The number of nitrogens with zero attached hydrogens (tertiary/aromatic N) is 1. The first-order valence-electron chi connectivity index (χ1n) is 6.22. The van der Waals surface area contributed by atoms with Crippen LogP contribution in [0.1, 0.15) is 16.8 Å². The van der Waals surface area contributed by atoms with E-state index in [1.807, 2.05) is 38.1 Å². The van der Waals surface area contributed by atoms with Gasteiger partial charge in [0.15, 0.2) is 11.9 Å². The largest absolute Gasteiger partial charge is 0.480 e. The Labute approximate surface area is 111 Å². The minimum Gasteiger partial charge on any atom is -0.480 e. The molecular weight excluding hydrogens is 242 g/mol. The van der Waals surface area contributed by atoms with E-state index >= 15 is 0 Å². The maximum atomic E-state index is 12.2. The number of anilines is 1. The fourth-order valence-corrected chi connectivity index (χ4v) is 2.13. The minimum atomic E-state index is -0.478. The molecule has 5 heteroatoms. The van der Waals surface area contributed by atoms with Gasteiger partial charge in [-0.3, -0.25) is 9.89 Å². The quantitative estimate of drug-likeness (QED) is 0.864. The first-order valence-corrected chi connectivity index (χ1v) is 6.22. The summed E-state index contributed by atoms with van der Waals surface area (Å²) in [5, 5.41) is 9.71. The number of rotatable bonds is 2. The second-order valence-corrected chi connectivity index (χ2v) is 4.73. The van der Waals surface area contributed by atoms with Gasteiger partial charge in [-0.05, 0) is 25.5 Å². The van der Waals surface area contributed by atoms with Crippen LogP contribution in [-0.4, -0.2) is 22.2 Å². The molecule has 0 spiro atoms. The van der Waals surface area contributed by atoms with Gasteiger partial charge in [-0.25, -0.2) is 0 Å². The van der Waals surface area contributed by atoms with Crippen molar-refractivity contribution in [2.24, 2.45) is 0 Å². The van der Waals surface area contributed by atoms with Gasteiger partial charge in [-0.15, -0.1) is 0 Å². The average molecular weight is 257 g/mol. The van der Waals surface area contributed by atoms with E-state index in [4.69, 9.17) is 4.74 Å². The molecule has 1 aliphatic rings. The van der Waals surface area contributed by atoms with Crippen LogP contribution in [0.2, 0.25) is 0 Å². The van der Waals surface area contributed by atoms with Crippen molar-refractivity contribution < 1.29 is 9.53 Å². The number of hydrogen-bond acceptors (Lipinski definition) is 3. The number of H-pyrrole nitrogens is 1. The second kappa shape index (κ2) is 4.42. The Kier molecular flexibility index (Phi) is 2.74. The third-order valence-corrected chi connectivity index (χ3v) is 3.43. The van der Waals surface area contributed by atoms with Crippen molar-refractivity contribution in [2.75, 3.05) is 5.32 Å². The van der Waals surface area contributed by atoms with Gasteiger partial charge >= 0.3 is 0 Å². The van der Waals surface area contributed by atoms with Gasteiger partial charge in [-0.2, -0.15) is 5.10 Å². The van der Waals surface area contributed by atoms with Crippen LogP contribution in [0.15, 0.2) is 24.3 Å². The molecule has 1 amide bonds. The number of benzene rings is 1. The molecule has 0 bridgehead atoms. The number of amides is 1. The van der Waals surface area contributed by atoms with Crippen LogP contribution in [0.3, 0.4) is 0 Å². The Hall–Kier alpha value is -2.30. The SMILES string of the molecule is Cc1[nH]nc(NC(=O)C2Cc3ccccc3O2)c1C. The topological polar surface area (TPSA) is 67.0 Å². The summed E-state index contributed by atoms with van der Waals surface area (Å²) in [5.41, 5.74) is 2.97. The van der Waals surface area contributed by atoms with Crippen molar-refractivity contribution in [1.29, 1.82) is 0 Å². The number of nitrogens with one attached hydrogen (secondary N) is 2. The molecule has 1 aliphatic heterocycles. The van der Waals surface area contributed by atoms with E-state index in [0.29, 0.717) is 12.2 Å². The van der Waals surface area contributed by atoms with E-state index in [0.717, 1.165) is 22.6 Å². The van der Waals surface area contributed by atoms with E-state index in [-0.39, 0.29) is 5.91 Å². The van der Waals surface area contributed by atoms with Gasteiger partial charge in [0.2, 0.25) is 0 Å². The maximum absolute atomic E-state index is 12.2. The van der Waals surface area contributed by atoms with Gasteiger partial charge < -0.3 is 10.1 Å². The Morgan fingerprint density at radius 1 is 1.42 bits per heavy atom. The van der Waals surface area contributed by atoms with Gasteiger partial charge in [0.25, 0.3) is 5.91 Å². The molecule has 0 saturated carbocycles. The van der Waals surface area contributed by atoms with Crippen molar-refractivity contribution in [3.05, 3.63) is 41.1 Å². The van der Waals surface area contributed by atoms with E-state index in [2.05, 4.69) is 15.5 Å². The van der Waals surface area contributed by atoms with Gasteiger partial charge in [0, 0.05) is 17.7 Å². The summed E-state index contributed by atoms with van der Waals surface area (Å²) < 4.78 is 5.64. The van der Waals surface area contributed by atoms with Crippen LogP contribution in [0, 0.1) is 13.8 Å². The Bertz CT molecular complexity index is 608. The highest BCUT2D eigenvalue weighted by Crippen LogP contribution is 2.28. The standard InChI is InChI=1S/C14H15N3O2/c1-8-9(2)16-17-13(8)15-14(18)12-7-10-5-3-4-6-11(10)19-12/h3-6,12H,7H2,1-2H3,(H2,15,16,17,18). The molecule has 2 N–H and O–H groups in total. The summed E-state index contributed by atoms with van der Waals surface area (Å²) in [4.78, 5) is 12.2. The zero-order chi connectivity index (χ0) is 13.4. The van der Waals surface area contributed by atoms with E-state index in [9.17, 15) is 4.79 Å². The summed E-state index contributed by atoms with van der Waals surface area (Å²) in [7, 11) is 0. The normalized spacial score (nSPS) is 16.8. The molecule has 2 heterocycles. The molecular formula is C14H15N3O2. The molecule has 19 heavy (non-hydrogen) atoms. The van der Waals surface area contributed by atoms with E-state index < -0.39 is 6.10 Å². The highest BCUT2D eigenvalue weighted by molar-refractivity contribution is 5.95. The number of hydrogen-bond donors (Lipinski definition) is 2. The third-order valence-electron chi connectivity index (χ3n) is 3.43. The number of carbonyl (C=O) groups is 1. The van der Waals surface area contributed by atoms with Crippen LogP contribution in [0.4, 0.5) is 5.82 Å². The lowest BCUT2D eigenvalue weighted by atomic mass is 10.1. The monoisotopic (exact) mass is 257 g/mol. The number of aromatic amines is 1.